The lowest BCUT2D eigenvalue weighted by Crippen LogP contribution is -2.36. The third-order valence-electron chi connectivity index (χ3n) is 5.19. The topological polar surface area (TPSA) is 115 Å². The summed E-state index contributed by atoms with van der Waals surface area (Å²) in [5.74, 6) is -1.58. The minimum Gasteiger partial charge on any atom is -0.383 e. The van der Waals surface area contributed by atoms with E-state index in [1.165, 1.54) is 23.1 Å². The van der Waals surface area contributed by atoms with Crippen LogP contribution in [-0.4, -0.2) is 59.5 Å². The van der Waals surface area contributed by atoms with Crippen LogP contribution < -0.4 is 10.6 Å². The number of rotatable bonds is 6. The van der Waals surface area contributed by atoms with Gasteiger partial charge in [-0.3, -0.25) is 14.4 Å². The number of amides is 3. The third kappa shape index (κ3) is 4.51. The van der Waals surface area contributed by atoms with Crippen molar-refractivity contribution in [2.75, 3.05) is 26.0 Å². The predicted molar refractivity (Wildman–Crippen MR) is 115 cm³/mol. The fraction of sp³-hybridized carbons (Fsp3) is 0.318. The number of aromatic nitrogens is 1. The minimum absolute atomic E-state index is 0.0880. The first-order valence-corrected chi connectivity index (χ1v) is 9.79. The molecule has 9 heteroatoms. The Kier molecular flexibility index (Phi) is 6.26. The van der Waals surface area contributed by atoms with Crippen LogP contribution in [0.25, 0.3) is 11.6 Å². The molecule has 3 amide bonds. The second-order valence-corrected chi connectivity index (χ2v) is 7.66. The Bertz CT molecular complexity index is 1090. The molecular formula is C22H25FN4O4. The van der Waals surface area contributed by atoms with Gasteiger partial charge in [0, 0.05) is 43.3 Å². The van der Waals surface area contributed by atoms with Crippen LogP contribution in [0.3, 0.4) is 0 Å². The summed E-state index contributed by atoms with van der Waals surface area (Å²) in [7, 11) is 3.09. The zero-order chi connectivity index (χ0) is 22.9. The molecule has 8 nitrogen and oxygen atoms in total. The van der Waals surface area contributed by atoms with Crippen LogP contribution in [0.5, 0.6) is 0 Å². The van der Waals surface area contributed by atoms with Gasteiger partial charge in [0.15, 0.2) is 0 Å². The predicted octanol–water partition coefficient (Wildman–Crippen LogP) is 1.83. The van der Waals surface area contributed by atoms with Crippen molar-refractivity contribution in [1.29, 1.82) is 0 Å². The monoisotopic (exact) mass is 428 g/mol. The number of benzene rings is 1. The van der Waals surface area contributed by atoms with E-state index >= 15 is 0 Å². The van der Waals surface area contributed by atoms with E-state index in [1.807, 2.05) is 0 Å². The van der Waals surface area contributed by atoms with E-state index in [1.54, 1.807) is 34.0 Å². The number of aryl methyl sites for hydroxylation is 1. The number of halogens is 1. The third-order valence-corrected chi connectivity index (χ3v) is 5.19. The highest BCUT2D eigenvalue weighted by molar-refractivity contribution is 6.34. The summed E-state index contributed by atoms with van der Waals surface area (Å²) in [6, 6.07) is 4.07. The van der Waals surface area contributed by atoms with Gasteiger partial charge in [0.2, 0.25) is 0 Å². The molecule has 2 heterocycles. The molecule has 0 aliphatic carbocycles. The normalized spacial score (nSPS) is 14.9. The van der Waals surface area contributed by atoms with Gasteiger partial charge in [0.25, 0.3) is 17.7 Å². The first-order chi connectivity index (χ1) is 14.6. The van der Waals surface area contributed by atoms with E-state index in [9.17, 15) is 23.9 Å². The molecule has 3 rings (SSSR count). The molecule has 0 radical (unpaired) electrons. The molecular weight excluding hydrogens is 403 g/mol. The van der Waals surface area contributed by atoms with Gasteiger partial charge in [-0.2, -0.15) is 0 Å². The Morgan fingerprint density at radius 2 is 2.00 bits per heavy atom. The lowest BCUT2D eigenvalue weighted by molar-refractivity contribution is -0.137. The molecule has 1 aliphatic heterocycles. The van der Waals surface area contributed by atoms with E-state index in [-0.39, 0.29) is 24.8 Å². The summed E-state index contributed by atoms with van der Waals surface area (Å²) in [5, 5.41) is 15.2. The van der Waals surface area contributed by atoms with Gasteiger partial charge >= 0.3 is 0 Å². The lowest BCUT2D eigenvalue weighted by Gasteiger charge is -2.16. The van der Waals surface area contributed by atoms with Crippen LogP contribution >= 0.6 is 0 Å². The smallest absolute Gasteiger partial charge is 0.256 e. The van der Waals surface area contributed by atoms with Crippen LogP contribution in [0.4, 0.5) is 10.1 Å². The van der Waals surface area contributed by atoms with E-state index < -0.39 is 17.8 Å². The molecule has 31 heavy (non-hydrogen) atoms. The summed E-state index contributed by atoms with van der Waals surface area (Å²) < 4.78 is 13.7. The van der Waals surface area contributed by atoms with Crippen molar-refractivity contribution >= 4 is 35.1 Å². The molecule has 2 aromatic rings. The second kappa shape index (κ2) is 8.73. The average molecular weight is 428 g/mol. The van der Waals surface area contributed by atoms with E-state index in [0.717, 1.165) is 0 Å². The molecule has 0 fully saturated rings. The number of nitrogens with one attached hydrogen (secondary N) is 3. The quantitative estimate of drug-likeness (QED) is 0.526. The van der Waals surface area contributed by atoms with E-state index in [0.29, 0.717) is 39.3 Å². The summed E-state index contributed by atoms with van der Waals surface area (Å²) in [6.07, 6.45) is 0.495. The van der Waals surface area contributed by atoms with Crippen LogP contribution in [0.1, 0.15) is 39.3 Å². The Hall–Kier alpha value is -3.46. The number of carbonyl (C=O) groups is 3. The fourth-order valence-corrected chi connectivity index (χ4v) is 3.54. The number of aromatic amines is 1. The largest absolute Gasteiger partial charge is 0.383 e. The van der Waals surface area contributed by atoms with Crippen molar-refractivity contribution < 1.29 is 23.9 Å². The summed E-state index contributed by atoms with van der Waals surface area (Å²) in [6.45, 7) is 3.60. The highest BCUT2D eigenvalue weighted by Gasteiger charge is 2.26. The van der Waals surface area contributed by atoms with Gasteiger partial charge in [-0.25, -0.2) is 4.39 Å². The molecule has 4 N–H and O–H groups in total. The van der Waals surface area contributed by atoms with Crippen molar-refractivity contribution in [3.8, 4) is 0 Å². The Morgan fingerprint density at radius 1 is 1.29 bits per heavy atom. The highest BCUT2D eigenvalue weighted by atomic mass is 19.1. The van der Waals surface area contributed by atoms with Gasteiger partial charge in [-0.1, -0.05) is 0 Å². The van der Waals surface area contributed by atoms with Gasteiger partial charge < -0.3 is 25.6 Å². The molecule has 0 saturated carbocycles. The van der Waals surface area contributed by atoms with E-state index in [2.05, 4.69) is 15.6 Å². The molecule has 1 aliphatic rings. The molecule has 164 valence electrons. The average Bonchev–Trinajstić information content (AvgIpc) is 3.16. The first kappa shape index (κ1) is 22.2. The Labute approximate surface area is 179 Å². The van der Waals surface area contributed by atoms with Crippen molar-refractivity contribution in [1.82, 2.24) is 15.2 Å². The van der Waals surface area contributed by atoms with Crippen LogP contribution in [0.15, 0.2) is 18.2 Å². The first-order valence-electron chi connectivity index (χ1n) is 9.79. The SMILES string of the molecule is Cc1[nH]c(/C=C2\C(=O)Nc3ccc(F)cc32)c(C)c1C(=O)NCC[C@H](O)C(=O)N(C)C. The van der Waals surface area contributed by atoms with E-state index in [4.69, 9.17) is 0 Å². The Balaban J connectivity index is 1.78. The van der Waals surface area contributed by atoms with Gasteiger partial charge in [-0.15, -0.1) is 0 Å². The summed E-state index contributed by atoms with van der Waals surface area (Å²) >= 11 is 0. The number of H-pyrrole nitrogens is 1. The van der Waals surface area contributed by atoms with Crippen molar-refractivity contribution in [2.24, 2.45) is 0 Å². The van der Waals surface area contributed by atoms with Gasteiger partial charge in [0.05, 0.1) is 11.1 Å². The standard InChI is InChI=1S/C22H25FN4O4/c1-11-17(10-15-14-9-13(23)5-6-16(14)26-20(15)29)25-12(2)19(11)21(30)24-8-7-18(28)22(31)27(3)4/h5-6,9-10,18,25,28H,7-8H2,1-4H3,(H,24,30)(H,26,29)/b15-10-/t18-/m0/s1. The highest BCUT2D eigenvalue weighted by Crippen LogP contribution is 2.34. The molecule has 0 saturated heterocycles. The second-order valence-electron chi connectivity index (χ2n) is 7.66. The number of hydrogen-bond donors (Lipinski definition) is 4. The zero-order valence-corrected chi connectivity index (χ0v) is 17.8. The summed E-state index contributed by atoms with van der Waals surface area (Å²) in [5.41, 5.74) is 3.50. The van der Waals surface area contributed by atoms with Crippen molar-refractivity contribution in [3.05, 3.63) is 52.1 Å². The number of anilines is 1. The maximum atomic E-state index is 13.7. The number of carbonyl (C=O) groups excluding carboxylic acids is 3. The van der Waals surface area contributed by atoms with Crippen LogP contribution in [0.2, 0.25) is 0 Å². The number of hydrogen-bond acceptors (Lipinski definition) is 4. The van der Waals surface area contributed by atoms with Crippen molar-refractivity contribution in [2.45, 2.75) is 26.4 Å². The number of likely N-dealkylation sites (N-methyl/N-ethyl adjacent to an activating group) is 1. The number of fused-ring (bicyclic) bond motifs is 1. The van der Waals surface area contributed by atoms with Gasteiger partial charge in [0.1, 0.15) is 11.9 Å². The molecule has 1 aromatic carbocycles. The lowest BCUT2D eigenvalue weighted by atomic mass is 10.0. The Morgan fingerprint density at radius 3 is 2.68 bits per heavy atom. The maximum absolute atomic E-state index is 13.7. The fourth-order valence-electron chi connectivity index (χ4n) is 3.54. The molecule has 0 spiro atoms. The molecule has 0 unspecified atom stereocenters. The molecule has 1 atom stereocenters. The molecule has 0 bridgehead atoms. The number of nitrogens with zero attached hydrogens (tertiary/aromatic N) is 1. The summed E-state index contributed by atoms with van der Waals surface area (Å²) in [4.78, 5) is 41.1. The molecule has 1 aromatic heterocycles. The number of aliphatic hydroxyl groups is 1. The number of aliphatic hydroxyl groups excluding tert-OH is 1. The van der Waals surface area contributed by atoms with Crippen LogP contribution in [-0.2, 0) is 9.59 Å². The van der Waals surface area contributed by atoms with Crippen LogP contribution in [0, 0.1) is 19.7 Å². The maximum Gasteiger partial charge on any atom is 0.256 e. The minimum atomic E-state index is -1.19. The van der Waals surface area contributed by atoms with Gasteiger partial charge in [-0.05, 0) is 50.1 Å². The van der Waals surface area contributed by atoms with Crippen molar-refractivity contribution in [3.63, 3.8) is 0 Å². The zero-order valence-electron chi connectivity index (χ0n) is 17.8.